The Morgan fingerprint density at radius 3 is 2.70 bits per heavy atom. The number of nitrogens with one attached hydrogen (secondary N) is 1. The Bertz CT molecular complexity index is 1250. The van der Waals surface area contributed by atoms with Crippen molar-refractivity contribution >= 4 is 28.7 Å². The van der Waals surface area contributed by atoms with Crippen LogP contribution in [0.4, 0.5) is 17.3 Å². The second-order valence-corrected chi connectivity index (χ2v) is 7.01. The molecule has 0 radical (unpaired) electrons. The summed E-state index contributed by atoms with van der Waals surface area (Å²) in [7, 11) is 0. The lowest BCUT2D eigenvalue weighted by atomic mass is 10.2. The van der Waals surface area contributed by atoms with Gasteiger partial charge in [0.15, 0.2) is 0 Å². The molecule has 0 saturated carbocycles. The Hall–Kier alpha value is -4.29. The molecule has 0 bridgehead atoms. The zero-order valence-electron chi connectivity index (χ0n) is 15.4. The van der Waals surface area contributed by atoms with Crippen LogP contribution < -0.4 is 10.1 Å². The van der Waals surface area contributed by atoms with E-state index in [-0.39, 0.29) is 23.3 Å². The van der Waals surface area contributed by atoms with Gasteiger partial charge in [-0.1, -0.05) is 18.2 Å². The zero-order chi connectivity index (χ0) is 20.9. The number of nitro groups is 1. The molecule has 2 aromatic carbocycles. The molecule has 0 atom stereocenters. The normalized spacial score (nSPS) is 10.2. The number of non-ortho nitro benzene ring substituents is 1. The molecule has 0 spiro atoms. The quantitative estimate of drug-likeness (QED) is 0.326. The van der Waals surface area contributed by atoms with Crippen molar-refractivity contribution in [2.24, 2.45) is 0 Å². The Labute approximate surface area is 175 Å². The molecule has 0 saturated heterocycles. The number of hydrogen-bond acceptors (Lipinski definition) is 8. The van der Waals surface area contributed by atoms with Gasteiger partial charge in [-0.25, -0.2) is 4.98 Å². The molecular weight excluding hydrogens is 402 g/mol. The van der Waals surface area contributed by atoms with Crippen molar-refractivity contribution in [2.75, 3.05) is 5.32 Å². The molecule has 146 valence electrons. The molecule has 4 aromatic rings. The molecule has 1 N–H and O–H groups in total. The van der Waals surface area contributed by atoms with Crippen LogP contribution in [0.15, 0.2) is 72.1 Å². The van der Waals surface area contributed by atoms with Gasteiger partial charge in [0.25, 0.3) is 5.69 Å². The molecule has 4 rings (SSSR count). The van der Waals surface area contributed by atoms with Crippen LogP contribution in [0.2, 0.25) is 0 Å². The summed E-state index contributed by atoms with van der Waals surface area (Å²) in [5.74, 6) is 0.793. The molecule has 8 nitrogen and oxygen atoms in total. The van der Waals surface area contributed by atoms with E-state index in [0.717, 1.165) is 4.88 Å². The summed E-state index contributed by atoms with van der Waals surface area (Å²) in [5, 5.41) is 25.1. The van der Waals surface area contributed by atoms with Crippen molar-refractivity contribution in [1.29, 1.82) is 5.26 Å². The summed E-state index contributed by atoms with van der Waals surface area (Å²) in [4.78, 5) is 20.3. The van der Waals surface area contributed by atoms with Crippen molar-refractivity contribution < 1.29 is 9.66 Å². The van der Waals surface area contributed by atoms with E-state index in [1.165, 1.54) is 23.5 Å². The van der Waals surface area contributed by atoms with Gasteiger partial charge in [0, 0.05) is 17.8 Å². The van der Waals surface area contributed by atoms with Crippen LogP contribution in [0, 0.1) is 21.4 Å². The van der Waals surface area contributed by atoms with Crippen LogP contribution in [-0.4, -0.2) is 14.9 Å². The molecule has 0 unspecified atom stereocenters. The lowest BCUT2D eigenvalue weighted by Gasteiger charge is -2.10. The summed E-state index contributed by atoms with van der Waals surface area (Å²) in [6, 6.07) is 20.4. The van der Waals surface area contributed by atoms with Crippen molar-refractivity contribution in [2.45, 2.75) is 0 Å². The van der Waals surface area contributed by atoms with Gasteiger partial charge in [-0.3, -0.25) is 10.1 Å². The van der Waals surface area contributed by atoms with Crippen molar-refractivity contribution in [3.63, 3.8) is 0 Å². The predicted octanol–water partition coefficient (Wildman–Crippen LogP) is 5.52. The number of hydrogen-bond donors (Lipinski definition) is 1. The molecule has 0 aliphatic rings. The van der Waals surface area contributed by atoms with Crippen molar-refractivity contribution in [3.05, 3.63) is 87.8 Å². The molecule has 0 fully saturated rings. The molecule has 0 aliphatic heterocycles. The van der Waals surface area contributed by atoms with E-state index in [2.05, 4.69) is 21.4 Å². The lowest BCUT2D eigenvalue weighted by Crippen LogP contribution is -2.00. The van der Waals surface area contributed by atoms with E-state index < -0.39 is 4.92 Å². The number of ether oxygens (including phenoxy) is 1. The molecular formula is C21H13N5O3S. The average Bonchev–Trinajstić information content (AvgIpc) is 3.29. The second-order valence-electron chi connectivity index (χ2n) is 6.07. The van der Waals surface area contributed by atoms with Gasteiger partial charge in [-0.15, -0.1) is 11.3 Å². The number of nitriles is 1. The minimum atomic E-state index is -0.487. The lowest BCUT2D eigenvalue weighted by molar-refractivity contribution is -0.384. The first-order chi connectivity index (χ1) is 14.6. The number of rotatable bonds is 6. The maximum Gasteiger partial charge on any atom is 0.273 e. The molecule has 30 heavy (non-hydrogen) atoms. The minimum absolute atomic E-state index is 0.0771. The zero-order valence-corrected chi connectivity index (χ0v) is 16.2. The highest BCUT2D eigenvalue weighted by atomic mass is 32.1. The highest BCUT2D eigenvalue weighted by Gasteiger charge is 2.12. The van der Waals surface area contributed by atoms with Crippen LogP contribution in [0.5, 0.6) is 11.6 Å². The predicted molar refractivity (Wildman–Crippen MR) is 113 cm³/mol. The van der Waals surface area contributed by atoms with E-state index >= 15 is 0 Å². The molecule has 0 aliphatic carbocycles. The van der Waals surface area contributed by atoms with Gasteiger partial charge in [0.2, 0.25) is 11.8 Å². The molecule has 0 amide bonds. The molecule has 9 heteroatoms. The SMILES string of the molecule is N#Cc1cccc(Nc2nc(Oc3cccc([N+](=O)[O-])c3)cc(-c3cccs3)n2)c1. The Morgan fingerprint density at radius 2 is 1.93 bits per heavy atom. The number of benzene rings is 2. The number of nitro benzene ring substituents is 1. The maximum atomic E-state index is 11.0. The van der Waals surface area contributed by atoms with Gasteiger partial charge in [-0.2, -0.15) is 10.2 Å². The van der Waals surface area contributed by atoms with Crippen LogP contribution >= 0.6 is 11.3 Å². The van der Waals surface area contributed by atoms with Crippen LogP contribution in [0.1, 0.15) is 5.56 Å². The second kappa shape index (κ2) is 8.38. The summed E-state index contributed by atoms with van der Waals surface area (Å²) in [5.41, 5.74) is 1.72. The monoisotopic (exact) mass is 415 g/mol. The van der Waals surface area contributed by atoms with Crippen molar-refractivity contribution in [3.8, 4) is 28.3 Å². The van der Waals surface area contributed by atoms with E-state index in [4.69, 9.17) is 10.00 Å². The third kappa shape index (κ3) is 4.40. The topological polar surface area (TPSA) is 114 Å². The summed E-state index contributed by atoms with van der Waals surface area (Å²) in [6.07, 6.45) is 0. The third-order valence-electron chi connectivity index (χ3n) is 3.97. The van der Waals surface area contributed by atoms with E-state index in [9.17, 15) is 10.1 Å². The fraction of sp³-hybridized carbons (Fsp3) is 0. The Kier molecular flexibility index (Phi) is 5.32. The summed E-state index contributed by atoms with van der Waals surface area (Å²) in [6.45, 7) is 0. The Morgan fingerprint density at radius 1 is 1.07 bits per heavy atom. The summed E-state index contributed by atoms with van der Waals surface area (Å²) >= 11 is 1.51. The van der Waals surface area contributed by atoms with Gasteiger partial charge >= 0.3 is 0 Å². The molecule has 2 heterocycles. The van der Waals surface area contributed by atoms with Gasteiger partial charge in [0.1, 0.15) is 5.75 Å². The largest absolute Gasteiger partial charge is 0.439 e. The smallest absolute Gasteiger partial charge is 0.273 e. The fourth-order valence-electron chi connectivity index (χ4n) is 2.66. The van der Waals surface area contributed by atoms with Gasteiger partial charge in [-0.05, 0) is 35.7 Å². The number of anilines is 2. The average molecular weight is 415 g/mol. The highest BCUT2D eigenvalue weighted by molar-refractivity contribution is 7.13. The maximum absolute atomic E-state index is 11.0. The Balaban J connectivity index is 1.70. The first kappa shape index (κ1) is 19.0. The number of nitrogens with zero attached hydrogens (tertiary/aromatic N) is 4. The number of thiophene rings is 1. The van der Waals surface area contributed by atoms with E-state index in [1.807, 2.05) is 17.5 Å². The summed E-state index contributed by atoms with van der Waals surface area (Å²) < 4.78 is 5.79. The fourth-order valence-corrected chi connectivity index (χ4v) is 3.35. The third-order valence-corrected chi connectivity index (χ3v) is 4.87. The van der Waals surface area contributed by atoms with Crippen LogP contribution in [-0.2, 0) is 0 Å². The first-order valence-corrected chi connectivity index (χ1v) is 9.61. The van der Waals surface area contributed by atoms with E-state index in [0.29, 0.717) is 16.9 Å². The standard InChI is InChI=1S/C21H13N5O3S/c22-13-14-4-1-5-15(10-14)23-21-24-18(19-8-3-9-30-19)12-20(25-21)29-17-7-2-6-16(11-17)26(27)28/h1-12H,(H,23,24,25). The molecule has 2 aromatic heterocycles. The van der Waals surface area contributed by atoms with Crippen LogP contribution in [0.3, 0.4) is 0 Å². The number of aromatic nitrogens is 2. The first-order valence-electron chi connectivity index (χ1n) is 8.73. The minimum Gasteiger partial charge on any atom is -0.439 e. The van der Waals surface area contributed by atoms with Crippen molar-refractivity contribution in [1.82, 2.24) is 9.97 Å². The highest BCUT2D eigenvalue weighted by Crippen LogP contribution is 2.30. The van der Waals surface area contributed by atoms with Crippen LogP contribution in [0.25, 0.3) is 10.6 Å². The van der Waals surface area contributed by atoms with E-state index in [1.54, 1.807) is 42.5 Å². The van der Waals surface area contributed by atoms with Gasteiger partial charge in [0.05, 0.1) is 33.2 Å². The van der Waals surface area contributed by atoms with Gasteiger partial charge < -0.3 is 10.1 Å².